The van der Waals surface area contributed by atoms with Gasteiger partial charge in [-0.25, -0.2) is 4.39 Å². The third-order valence-corrected chi connectivity index (χ3v) is 3.74. The molecule has 1 saturated heterocycles. The van der Waals surface area contributed by atoms with Gasteiger partial charge in [0.2, 0.25) is 11.8 Å². The van der Waals surface area contributed by atoms with E-state index in [1.807, 2.05) is 4.90 Å². The highest BCUT2D eigenvalue weighted by Gasteiger charge is 2.31. The molecule has 1 aromatic rings. The lowest BCUT2D eigenvalue weighted by atomic mass is 10.1. The first kappa shape index (κ1) is 16.2. The molecule has 0 aliphatic carbocycles. The fourth-order valence-corrected chi connectivity index (χ4v) is 2.48. The number of nitrogens with zero attached hydrogens (tertiary/aromatic N) is 2. The van der Waals surface area contributed by atoms with E-state index in [2.05, 4.69) is 0 Å². The third-order valence-electron chi connectivity index (χ3n) is 3.74. The molecule has 0 bridgehead atoms. The van der Waals surface area contributed by atoms with Crippen molar-refractivity contribution in [3.63, 3.8) is 0 Å². The number of amides is 2. The van der Waals surface area contributed by atoms with E-state index < -0.39 is 17.8 Å². The average molecular weight is 309 g/mol. The molecule has 1 aliphatic heterocycles. The van der Waals surface area contributed by atoms with Gasteiger partial charge in [0.1, 0.15) is 12.6 Å². The van der Waals surface area contributed by atoms with Gasteiger partial charge < -0.3 is 15.4 Å². The maximum absolute atomic E-state index is 13.4. The Morgan fingerprint density at radius 2 is 2.09 bits per heavy atom. The number of nitrogens with two attached hydrogens (primary N) is 1. The molecule has 1 unspecified atom stereocenters. The topological polar surface area (TPSA) is 75.9 Å². The number of rotatable bonds is 5. The van der Waals surface area contributed by atoms with E-state index in [1.54, 1.807) is 23.1 Å². The standard InChI is InChI=1S/C15H20FN3O3/c1-11(20)19-7-6-18(13(10-19)15(17)21)8-9-22-14-5-3-2-4-12(14)16/h2-5,13H,6-10H2,1H3,(H2,17,21). The van der Waals surface area contributed by atoms with Crippen LogP contribution in [0.15, 0.2) is 24.3 Å². The highest BCUT2D eigenvalue weighted by molar-refractivity contribution is 5.82. The molecule has 0 aromatic heterocycles. The second kappa shape index (κ2) is 7.22. The van der Waals surface area contributed by atoms with Crippen LogP contribution in [0.25, 0.3) is 0 Å². The fourth-order valence-electron chi connectivity index (χ4n) is 2.48. The molecular weight excluding hydrogens is 289 g/mol. The Kier molecular flexibility index (Phi) is 5.32. The Bertz CT molecular complexity index is 553. The summed E-state index contributed by atoms with van der Waals surface area (Å²) in [6.07, 6.45) is 0. The van der Waals surface area contributed by atoms with Gasteiger partial charge in [-0.05, 0) is 12.1 Å². The minimum absolute atomic E-state index is 0.0755. The Morgan fingerprint density at radius 1 is 1.36 bits per heavy atom. The zero-order chi connectivity index (χ0) is 16.1. The van der Waals surface area contributed by atoms with E-state index in [4.69, 9.17) is 10.5 Å². The largest absolute Gasteiger partial charge is 0.489 e. The van der Waals surface area contributed by atoms with Gasteiger partial charge in [0, 0.05) is 33.1 Å². The minimum Gasteiger partial charge on any atom is -0.489 e. The van der Waals surface area contributed by atoms with Crippen molar-refractivity contribution in [2.75, 3.05) is 32.8 Å². The molecule has 1 aromatic carbocycles. The van der Waals surface area contributed by atoms with E-state index in [9.17, 15) is 14.0 Å². The molecule has 2 amide bonds. The Hall–Kier alpha value is -2.15. The second-order valence-electron chi connectivity index (χ2n) is 5.20. The monoisotopic (exact) mass is 309 g/mol. The van der Waals surface area contributed by atoms with Crippen molar-refractivity contribution in [1.82, 2.24) is 9.80 Å². The lowest BCUT2D eigenvalue weighted by Gasteiger charge is -2.39. The zero-order valence-corrected chi connectivity index (χ0v) is 12.5. The zero-order valence-electron chi connectivity index (χ0n) is 12.5. The summed E-state index contributed by atoms with van der Waals surface area (Å²) in [5.41, 5.74) is 5.41. The summed E-state index contributed by atoms with van der Waals surface area (Å²) in [5.74, 6) is -0.791. The van der Waals surface area contributed by atoms with E-state index in [1.165, 1.54) is 13.0 Å². The normalized spacial score (nSPS) is 19.0. The van der Waals surface area contributed by atoms with Crippen molar-refractivity contribution in [2.24, 2.45) is 5.73 Å². The molecule has 0 saturated carbocycles. The van der Waals surface area contributed by atoms with Gasteiger partial charge in [-0.2, -0.15) is 0 Å². The molecule has 2 rings (SSSR count). The molecule has 0 radical (unpaired) electrons. The van der Waals surface area contributed by atoms with E-state index in [0.717, 1.165) is 0 Å². The van der Waals surface area contributed by atoms with Gasteiger partial charge in [-0.1, -0.05) is 12.1 Å². The molecule has 120 valence electrons. The number of hydrogen-bond acceptors (Lipinski definition) is 4. The average Bonchev–Trinajstić information content (AvgIpc) is 2.49. The first-order chi connectivity index (χ1) is 10.5. The number of halogens is 1. The molecular formula is C15H20FN3O3. The van der Waals surface area contributed by atoms with Crippen LogP contribution in [0, 0.1) is 5.82 Å². The molecule has 1 atom stereocenters. The summed E-state index contributed by atoms with van der Waals surface area (Å²) >= 11 is 0. The van der Waals surface area contributed by atoms with Crippen LogP contribution in [0.5, 0.6) is 5.75 Å². The summed E-state index contributed by atoms with van der Waals surface area (Å²) in [6, 6.07) is 5.62. The Balaban J connectivity index is 1.90. The number of carbonyl (C=O) groups excluding carboxylic acids is 2. The summed E-state index contributed by atoms with van der Waals surface area (Å²) in [7, 11) is 0. The van der Waals surface area contributed by atoms with Crippen LogP contribution >= 0.6 is 0 Å². The summed E-state index contributed by atoms with van der Waals surface area (Å²) in [4.78, 5) is 26.4. The number of hydrogen-bond donors (Lipinski definition) is 1. The van der Waals surface area contributed by atoms with Crippen molar-refractivity contribution in [2.45, 2.75) is 13.0 Å². The highest BCUT2D eigenvalue weighted by Crippen LogP contribution is 2.16. The van der Waals surface area contributed by atoms with Crippen LogP contribution in [0.1, 0.15) is 6.92 Å². The number of ether oxygens (including phenoxy) is 1. The van der Waals surface area contributed by atoms with Crippen LogP contribution in [0.3, 0.4) is 0 Å². The summed E-state index contributed by atoms with van der Waals surface area (Å²) in [6.45, 7) is 3.50. The van der Waals surface area contributed by atoms with Crippen LogP contribution in [0.2, 0.25) is 0 Å². The molecule has 1 fully saturated rings. The van der Waals surface area contributed by atoms with Crippen LogP contribution in [0.4, 0.5) is 4.39 Å². The van der Waals surface area contributed by atoms with Gasteiger partial charge in [0.25, 0.3) is 0 Å². The maximum Gasteiger partial charge on any atom is 0.236 e. The van der Waals surface area contributed by atoms with Crippen LogP contribution in [-0.4, -0.2) is 60.4 Å². The highest BCUT2D eigenvalue weighted by atomic mass is 19.1. The SMILES string of the molecule is CC(=O)N1CCN(CCOc2ccccc2F)C(C(N)=O)C1. The van der Waals surface area contributed by atoms with Gasteiger partial charge in [-0.3, -0.25) is 14.5 Å². The number of para-hydroxylation sites is 1. The summed E-state index contributed by atoms with van der Waals surface area (Å²) < 4.78 is 18.8. The molecule has 2 N–H and O–H groups in total. The first-order valence-electron chi connectivity index (χ1n) is 7.15. The maximum atomic E-state index is 13.4. The van der Waals surface area contributed by atoms with Crippen molar-refractivity contribution < 1.29 is 18.7 Å². The first-order valence-corrected chi connectivity index (χ1v) is 7.15. The van der Waals surface area contributed by atoms with Gasteiger partial charge in [-0.15, -0.1) is 0 Å². The van der Waals surface area contributed by atoms with Gasteiger partial charge >= 0.3 is 0 Å². The number of carbonyl (C=O) groups is 2. The lowest BCUT2D eigenvalue weighted by molar-refractivity contribution is -0.135. The third kappa shape index (κ3) is 3.94. The molecule has 22 heavy (non-hydrogen) atoms. The smallest absolute Gasteiger partial charge is 0.236 e. The molecule has 0 spiro atoms. The predicted molar refractivity (Wildman–Crippen MR) is 78.7 cm³/mol. The fraction of sp³-hybridized carbons (Fsp3) is 0.467. The molecule has 6 nitrogen and oxygen atoms in total. The van der Waals surface area contributed by atoms with Crippen LogP contribution in [-0.2, 0) is 9.59 Å². The number of primary amides is 1. The van der Waals surface area contributed by atoms with Crippen molar-refractivity contribution in [3.05, 3.63) is 30.1 Å². The Labute approximate surface area is 128 Å². The van der Waals surface area contributed by atoms with Gasteiger partial charge in [0.05, 0.1) is 0 Å². The second-order valence-corrected chi connectivity index (χ2v) is 5.20. The van der Waals surface area contributed by atoms with Crippen molar-refractivity contribution in [1.29, 1.82) is 0 Å². The van der Waals surface area contributed by atoms with Crippen molar-refractivity contribution >= 4 is 11.8 Å². The van der Waals surface area contributed by atoms with E-state index in [0.29, 0.717) is 19.6 Å². The van der Waals surface area contributed by atoms with E-state index in [-0.39, 0.29) is 24.8 Å². The minimum atomic E-state index is -0.540. The van der Waals surface area contributed by atoms with E-state index >= 15 is 0 Å². The van der Waals surface area contributed by atoms with Crippen molar-refractivity contribution in [3.8, 4) is 5.75 Å². The summed E-state index contributed by atoms with van der Waals surface area (Å²) in [5, 5.41) is 0. The molecule has 1 aliphatic rings. The van der Waals surface area contributed by atoms with Gasteiger partial charge in [0.15, 0.2) is 11.6 Å². The molecule has 1 heterocycles. The molecule has 7 heteroatoms. The quantitative estimate of drug-likeness (QED) is 0.844. The lowest BCUT2D eigenvalue weighted by Crippen LogP contribution is -2.59. The predicted octanol–water partition coefficient (Wildman–Crippen LogP) is 0.222. The number of piperazine rings is 1. The number of benzene rings is 1. The Morgan fingerprint density at radius 3 is 2.73 bits per heavy atom. The van der Waals surface area contributed by atoms with Crippen LogP contribution < -0.4 is 10.5 Å².